The van der Waals surface area contributed by atoms with Gasteiger partial charge in [-0.1, -0.05) is 36.4 Å². The topological polar surface area (TPSA) is 152 Å². The van der Waals surface area contributed by atoms with Gasteiger partial charge in [-0.2, -0.15) is 14.7 Å². The number of carbonyl (C=O) groups is 1. The number of anilines is 1. The quantitative estimate of drug-likeness (QED) is 0.315. The molecule has 7 rings (SSSR count). The van der Waals surface area contributed by atoms with E-state index in [1.165, 1.54) is 4.52 Å². The van der Waals surface area contributed by atoms with Gasteiger partial charge in [-0.15, -0.1) is 0 Å². The fourth-order valence-corrected chi connectivity index (χ4v) is 7.71. The van der Waals surface area contributed by atoms with Crippen molar-refractivity contribution in [2.24, 2.45) is 0 Å². The summed E-state index contributed by atoms with van der Waals surface area (Å²) < 4.78 is 27.6. The molecule has 0 saturated carbocycles. The van der Waals surface area contributed by atoms with Gasteiger partial charge in [0, 0.05) is 52.8 Å². The lowest BCUT2D eigenvalue weighted by molar-refractivity contribution is 0.0567. The predicted octanol–water partition coefficient (Wildman–Crippen LogP) is 4.03. The minimum atomic E-state index is -3.74. The van der Waals surface area contributed by atoms with Crippen molar-refractivity contribution in [3.05, 3.63) is 78.0 Å². The Labute approximate surface area is 242 Å². The Kier molecular flexibility index (Phi) is 6.12. The number of fused-ring (bicyclic) bond motifs is 3. The first kappa shape index (κ1) is 26.3. The van der Waals surface area contributed by atoms with Crippen LogP contribution in [0.5, 0.6) is 0 Å². The molecule has 0 aliphatic carbocycles. The molecule has 2 atom stereocenters. The molecule has 42 heavy (non-hydrogen) atoms. The minimum absolute atomic E-state index is 0.0112. The Balaban J connectivity index is 1.28. The van der Waals surface area contributed by atoms with Crippen molar-refractivity contribution in [1.29, 1.82) is 0 Å². The van der Waals surface area contributed by atoms with Crippen LogP contribution in [-0.2, 0) is 9.84 Å². The van der Waals surface area contributed by atoms with E-state index in [9.17, 15) is 13.2 Å². The van der Waals surface area contributed by atoms with Gasteiger partial charge in [-0.05, 0) is 38.7 Å². The lowest BCUT2D eigenvalue weighted by Crippen LogP contribution is -2.46. The number of nitrogens with one attached hydrogen (secondary N) is 1. The third-order valence-electron chi connectivity index (χ3n) is 8.59. The molecule has 2 bridgehead atoms. The second-order valence-electron chi connectivity index (χ2n) is 11.2. The third-order valence-corrected chi connectivity index (χ3v) is 9.75. The molecule has 2 fully saturated rings. The molecule has 5 aromatic rings. The van der Waals surface area contributed by atoms with Crippen molar-refractivity contribution in [2.75, 3.05) is 12.0 Å². The average Bonchev–Trinajstić information content (AvgIpc) is 3.68. The number of benzene rings is 1. The number of nitrogen functional groups attached to an aromatic ring is 1. The predicted molar refractivity (Wildman–Crippen MR) is 157 cm³/mol. The SMILES string of the molecule is Cc1[nH]ncc1C(=O)N1C2CCC1CC(c1nc3c(-c4ccc(-c5ccccc5)nc4)cnn3c(N)c1S(C)(=O)=O)C2. The molecule has 4 aromatic heterocycles. The van der Waals surface area contributed by atoms with Crippen LogP contribution < -0.4 is 5.73 Å². The zero-order chi connectivity index (χ0) is 29.2. The molecule has 2 aliphatic rings. The van der Waals surface area contributed by atoms with Crippen LogP contribution in [0.25, 0.3) is 28.0 Å². The molecular weight excluding hydrogens is 552 g/mol. The number of amides is 1. The summed E-state index contributed by atoms with van der Waals surface area (Å²) >= 11 is 0. The normalized spacial score (nSPS) is 20.3. The highest BCUT2D eigenvalue weighted by molar-refractivity contribution is 7.91. The highest BCUT2D eigenvalue weighted by atomic mass is 32.2. The number of hydrogen-bond donors (Lipinski definition) is 2. The second kappa shape index (κ2) is 9.76. The van der Waals surface area contributed by atoms with Crippen molar-refractivity contribution in [3.8, 4) is 22.4 Å². The van der Waals surface area contributed by atoms with E-state index in [0.717, 1.165) is 41.6 Å². The number of nitrogens with two attached hydrogens (primary N) is 1. The van der Waals surface area contributed by atoms with Crippen molar-refractivity contribution in [2.45, 2.75) is 55.5 Å². The van der Waals surface area contributed by atoms with Crippen LogP contribution in [0.4, 0.5) is 5.82 Å². The Bertz CT molecular complexity index is 1920. The fraction of sp³-hybridized carbons (Fsp3) is 0.300. The lowest BCUT2D eigenvalue weighted by Gasteiger charge is -2.39. The van der Waals surface area contributed by atoms with Gasteiger partial charge in [-0.25, -0.2) is 13.4 Å². The van der Waals surface area contributed by atoms with Crippen LogP contribution in [0.2, 0.25) is 0 Å². The van der Waals surface area contributed by atoms with E-state index >= 15 is 0 Å². The molecule has 0 spiro atoms. The first-order valence-corrected chi connectivity index (χ1v) is 15.8. The van der Waals surface area contributed by atoms with Gasteiger partial charge in [0.15, 0.2) is 15.5 Å². The molecule has 1 amide bonds. The van der Waals surface area contributed by atoms with Gasteiger partial charge in [0.05, 0.1) is 29.3 Å². The van der Waals surface area contributed by atoms with E-state index in [1.807, 2.05) is 54.3 Å². The van der Waals surface area contributed by atoms with Crippen molar-refractivity contribution >= 4 is 27.2 Å². The van der Waals surface area contributed by atoms with Gasteiger partial charge in [0.25, 0.3) is 5.91 Å². The van der Waals surface area contributed by atoms with E-state index in [2.05, 4.69) is 20.3 Å². The maximum Gasteiger partial charge on any atom is 0.257 e. The largest absolute Gasteiger partial charge is 0.382 e. The molecule has 214 valence electrons. The number of aromatic nitrogens is 6. The molecule has 11 nitrogen and oxygen atoms in total. The van der Waals surface area contributed by atoms with Crippen molar-refractivity contribution in [3.63, 3.8) is 0 Å². The van der Waals surface area contributed by atoms with Gasteiger partial charge < -0.3 is 10.6 Å². The lowest BCUT2D eigenvalue weighted by atomic mass is 9.87. The first-order chi connectivity index (χ1) is 20.2. The van der Waals surface area contributed by atoms with Gasteiger partial charge >= 0.3 is 0 Å². The maximum atomic E-state index is 13.4. The van der Waals surface area contributed by atoms with Crippen LogP contribution in [-0.4, -0.2) is 67.3 Å². The molecule has 2 aliphatic heterocycles. The third kappa shape index (κ3) is 4.25. The summed E-state index contributed by atoms with van der Waals surface area (Å²) in [6.45, 7) is 1.84. The average molecular weight is 583 g/mol. The summed E-state index contributed by atoms with van der Waals surface area (Å²) in [5.74, 6) is -0.184. The number of pyridine rings is 1. The maximum absolute atomic E-state index is 13.4. The van der Waals surface area contributed by atoms with Gasteiger partial charge in [0.2, 0.25) is 0 Å². The van der Waals surface area contributed by atoms with Crippen LogP contribution in [0.3, 0.4) is 0 Å². The van der Waals surface area contributed by atoms with Crippen LogP contribution >= 0.6 is 0 Å². The van der Waals surface area contributed by atoms with E-state index in [4.69, 9.17) is 10.7 Å². The minimum Gasteiger partial charge on any atom is -0.382 e. The summed E-state index contributed by atoms with van der Waals surface area (Å²) in [7, 11) is -3.74. The molecule has 2 unspecified atom stereocenters. The van der Waals surface area contributed by atoms with Gasteiger partial charge in [-0.3, -0.25) is 14.9 Å². The second-order valence-corrected chi connectivity index (χ2v) is 13.2. The van der Waals surface area contributed by atoms with Crippen molar-refractivity contribution < 1.29 is 13.2 Å². The van der Waals surface area contributed by atoms with Crippen LogP contribution in [0.15, 0.2) is 66.0 Å². The van der Waals surface area contributed by atoms with Gasteiger partial charge in [0.1, 0.15) is 10.7 Å². The number of nitrogens with zero attached hydrogens (tertiary/aromatic N) is 6. The Morgan fingerprint density at radius 3 is 2.36 bits per heavy atom. The zero-order valence-corrected chi connectivity index (χ0v) is 24.0. The summed E-state index contributed by atoms with van der Waals surface area (Å²) in [5.41, 5.74) is 12.1. The molecular formula is C30H30N8O3S. The molecule has 3 N–H and O–H groups in total. The Morgan fingerprint density at radius 2 is 1.74 bits per heavy atom. The summed E-state index contributed by atoms with van der Waals surface area (Å²) in [4.78, 5) is 25.0. The molecule has 12 heteroatoms. The summed E-state index contributed by atoms with van der Waals surface area (Å²) in [5, 5.41) is 11.3. The molecule has 0 radical (unpaired) electrons. The van der Waals surface area contributed by atoms with E-state index in [0.29, 0.717) is 35.3 Å². The smallest absolute Gasteiger partial charge is 0.257 e. The van der Waals surface area contributed by atoms with Crippen LogP contribution in [0, 0.1) is 6.92 Å². The number of aromatic amines is 1. The summed E-state index contributed by atoms with van der Waals surface area (Å²) in [6, 6.07) is 13.7. The molecule has 6 heterocycles. The Hall–Kier alpha value is -4.58. The van der Waals surface area contributed by atoms with E-state index in [-0.39, 0.29) is 34.6 Å². The molecule has 1 aromatic carbocycles. The number of hydrogen-bond acceptors (Lipinski definition) is 8. The standard InChI is InChI=1S/C30H30N8O3S/c1-17-23(15-33-36-17)30(39)37-21-9-10-22(37)13-20(12-21)26-27(42(2,40)41)28(31)38-29(35-26)24(16-34-38)19-8-11-25(32-14-19)18-6-4-3-5-7-18/h3-8,11,14-16,20-22H,9-10,12-13,31H2,1-2H3,(H,33,36). The number of sulfone groups is 1. The van der Waals surface area contributed by atoms with E-state index < -0.39 is 9.84 Å². The summed E-state index contributed by atoms with van der Waals surface area (Å²) in [6.07, 6.45) is 9.04. The number of H-pyrrole nitrogens is 1. The van der Waals surface area contributed by atoms with E-state index in [1.54, 1.807) is 18.6 Å². The molecule has 2 saturated heterocycles. The highest BCUT2D eigenvalue weighted by Gasteiger charge is 2.46. The first-order valence-electron chi connectivity index (χ1n) is 13.9. The number of rotatable bonds is 5. The number of aryl methyl sites for hydroxylation is 1. The monoisotopic (exact) mass is 582 g/mol. The number of carbonyl (C=O) groups excluding carboxylic acids is 1. The fourth-order valence-electron chi connectivity index (χ4n) is 6.65. The van der Waals surface area contributed by atoms with Crippen LogP contribution in [0.1, 0.15) is 53.3 Å². The Morgan fingerprint density at radius 1 is 1.00 bits per heavy atom. The zero-order valence-electron chi connectivity index (χ0n) is 23.2. The number of piperidine rings is 1. The highest BCUT2D eigenvalue weighted by Crippen LogP contribution is 2.46. The van der Waals surface area contributed by atoms with Crippen molar-refractivity contribution in [1.82, 2.24) is 34.7 Å².